The molecular formula is C35H40N8O4. The highest BCUT2D eigenvalue weighted by atomic mass is 16.8. The molecule has 1 unspecified atom stereocenters. The molecular weight excluding hydrogens is 596 g/mol. The summed E-state index contributed by atoms with van der Waals surface area (Å²) < 4.78 is 22.0. The molecule has 0 bridgehead atoms. The Morgan fingerprint density at radius 1 is 0.851 bits per heavy atom. The standard InChI is InChI=1S/C35H40N8O4/c1-3-27(2)43-34(44)41(26-38-43)31-11-9-29(10-12-31)39-19-21-40(22-20-39)30-13-15-32(16-14-30)45-23-33-24-46-35(47-33,25-42-36-17-18-37-42)28-7-5-4-6-8-28/h4-18,26-27,33H,3,19-25H2,1-2H3/t27?,33-,35-/m0/s1. The van der Waals surface area contributed by atoms with E-state index in [1.54, 1.807) is 32.8 Å². The Bertz CT molecular complexity index is 1780. The third kappa shape index (κ3) is 6.51. The van der Waals surface area contributed by atoms with Gasteiger partial charge in [-0.05, 0) is 61.9 Å². The second-order valence-corrected chi connectivity index (χ2v) is 12.0. The van der Waals surface area contributed by atoms with E-state index in [2.05, 4.69) is 56.3 Å². The number of nitrogens with zero attached hydrogens (tertiary/aromatic N) is 8. The zero-order valence-electron chi connectivity index (χ0n) is 26.8. The highest BCUT2D eigenvalue weighted by Crippen LogP contribution is 2.36. The van der Waals surface area contributed by atoms with Gasteiger partial charge in [0.15, 0.2) is 0 Å². The molecule has 0 radical (unpaired) electrons. The smallest absolute Gasteiger partial charge is 0.350 e. The van der Waals surface area contributed by atoms with Crippen LogP contribution in [0.2, 0.25) is 0 Å². The van der Waals surface area contributed by atoms with Gasteiger partial charge >= 0.3 is 5.69 Å². The maximum atomic E-state index is 12.8. The molecule has 2 aliphatic rings. The van der Waals surface area contributed by atoms with Gasteiger partial charge in [0.05, 0.1) is 30.7 Å². The van der Waals surface area contributed by atoms with Crippen molar-refractivity contribution in [2.75, 3.05) is 49.2 Å². The first kappa shape index (κ1) is 30.7. The quantitative estimate of drug-likeness (QED) is 0.210. The van der Waals surface area contributed by atoms with E-state index in [0.717, 1.165) is 55.3 Å². The summed E-state index contributed by atoms with van der Waals surface area (Å²) in [6, 6.07) is 26.4. The van der Waals surface area contributed by atoms with E-state index >= 15 is 0 Å². The first-order valence-electron chi connectivity index (χ1n) is 16.2. The monoisotopic (exact) mass is 636 g/mol. The molecule has 4 heterocycles. The van der Waals surface area contributed by atoms with Crippen LogP contribution in [0.4, 0.5) is 11.4 Å². The van der Waals surface area contributed by atoms with Crippen molar-refractivity contribution >= 4 is 11.4 Å². The number of hydrogen-bond donors (Lipinski definition) is 0. The molecule has 0 aliphatic carbocycles. The van der Waals surface area contributed by atoms with Crippen molar-refractivity contribution in [1.82, 2.24) is 29.3 Å². The molecule has 2 aliphatic heterocycles. The van der Waals surface area contributed by atoms with Gasteiger partial charge in [-0.2, -0.15) is 20.1 Å². The van der Waals surface area contributed by atoms with Crippen molar-refractivity contribution in [2.45, 2.75) is 44.7 Å². The average molecular weight is 637 g/mol. The first-order valence-corrected chi connectivity index (χ1v) is 16.2. The van der Waals surface area contributed by atoms with Crippen LogP contribution < -0.4 is 20.2 Å². The molecule has 0 N–H and O–H groups in total. The van der Waals surface area contributed by atoms with Crippen LogP contribution in [0.5, 0.6) is 5.75 Å². The normalized spacial score (nSPS) is 20.4. The fourth-order valence-electron chi connectivity index (χ4n) is 6.13. The molecule has 3 aromatic carbocycles. The lowest BCUT2D eigenvalue weighted by molar-refractivity contribution is -0.192. The van der Waals surface area contributed by atoms with E-state index in [0.29, 0.717) is 19.8 Å². The van der Waals surface area contributed by atoms with Crippen LogP contribution in [0.15, 0.2) is 102 Å². The molecule has 7 rings (SSSR count). The van der Waals surface area contributed by atoms with E-state index in [9.17, 15) is 4.79 Å². The average Bonchev–Trinajstić information content (AvgIpc) is 3.89. The Morgan fingerprint density at radius 3 is 2.11 bits per heavy atom. The first-order chi connectivity index (χ1) is 23.0. The van der Waals surface area contributed by atoms with Crippen molar-refractivity contribution in [2.24, 2.45) is 0 Å². The molecule has 12 nitrogen and oxygen atoms in total. The van der Waals surface area contributed by atoms with Crippen molar-refractivity contribution in [3.63, 3.8) is 0 Å². The summed E-state index contributed by atoms with van der Waals surface area (Å²) in [6.45, 7) is 8.79. The fraction of sp³-hybridized carbons (Fsp3) is 0.371. The number of rotatable bonds is 11. The Morgan fingerprint density at radius 2 is 1.47 bits per heavy atom. The summed E-state index contributed by atoms with van der Waals surface area (Å²) >= 11 is 0. The van der Waals surface area contributed by atoms with Crippen LogP contribution >= 0.6 is 0 Å². The minimum Gasteiger partial charge on any atom is -0.491 e. The summed E-state index contributed by atoms with van der Waals surface area (Å²) in [4.78, 5) is 19.1. The number of benzene rings is 3. The molecule has 3 atom stereocenters. The highest BCUT2D eigenvalue weighted by molar-refractivity contribution is 5.54. The van der Waals surface area contributed by atoms with Gasteiger partial charge in [0.1, 0.15) is 31.3 Å². The topological polar surface area (TPSA) is 105 Å². The molecule has 5 aromatic rings. The lowest BCUT2D eigenvalue weighted by Crippen LogP contribution is -2.46. The SMILES string of the molecule is CCC(C)n1ncn(-c2ccc(N3CCN(c4ccc(OC[C@H]5CO[C@](Cn6nccn6)(c6ccccc6)O5)cc4)CC3)cc2)c1=O. The summed E-state index contributed by atoms with van der Waals surface area (Å²) in [6.07, 6.45) is 5.51. The summed E-state index contributed by atoms with van der Waals surface area (Å²) in [7, 11) is 0. The van der Waals surface area contributed by atoms with Gasteiger partial charge in [0.25, 0.3) is 0 Å². The van der Waals surface area contributed by atoms with E-state index in [1.165, 1.54) is 5.69 Å². The minimum atomic E-state index is -0.973. The maximum absolute atomic E-state index is 12.8. The summed E-state index contributed by atoms with van der Waals surface area (Å²) in [5.41, 5.74) is 3.95. The Hall–Kier alpha value is -4.94. The van der Waals surface area contributed by atoms with E-state index in [1.807, 2.05) is 61.5 Å². The van der Waals surface area contributed by atoms with Crippen LogP contribution in [0, 0.1) is 0 Å². The number of hydrogen-bond acceptors (Lipinski definition) is 9. The molecule has 0 saturated carbocycles. The van der Waals surface area contributed by atoms with Crippen LogP contribution in [-0.2, 0) is 21.8 Å². The third-order valence-corrected chi connectivity index (χ3v) is 9.00. The molecule has 0 spiro atoms. The molecule has 2 saturated heterocycles. The predicted octanol–water partition coefficient (Wildman–Crippen LogP) is 4.27. The molecule has 2 aromatic heterocycles. The minimum absolute atomic E-state index is 0.0721. The molecule has 12 heteroatoms. The van der Waals surface area contributed by atoms with Gasteiger partial charge in [0, 0.05) is 43.1 Å². The molecule has 2 fully saturated rings. The number of ether oxygens (including phenoxy) is 3. The van der Waals surface area contributed by atoms with Crippen LogP contribution in [0.1, 0.15) is 31.9 Å². The van der Waals surface area contributed by atoms with Crippen molar-refractivity contribution in [1.29, 1.82) is 0 Å². The number of aromatic nitrogens is 6. The van der Waals surface area contributed by atoms with Crippen molar-refractivity contribution in [3.05, 3.63) is 114 Å². The zero-order valence-corrected chi connectivity index (χ0v) is 26.8. The maximum Gasteiger partial charge on any atom is 0.350 e. The van der Waals surface area contributed by atoms with E-state index in [4.69, 9.17) is 14.2 Å². The van der Waals surface area contributed by atoms with Gasteiger partial charge in [-0.3, -0.25) is 0 Å². The van der Waals surface area contributed by atoms with Gasteiger partial charge < -0.3 is 24.0 Å². The Balaban J connectivity index is 0.913. The van der Waals surface area contributed by atoms with Gasteiger partial charge in [-0.1, -0.05) is 37.3 Å². The predicted molar refractivity (Wildman–Crippen MR) is 178 cm³/mol. The van der Waals surface area contributed by atoms with Gasteiger partial charge in [0.2, 0.25) is 5.79 Å². The summed E-state index contributed by atoms with van der Waals surface area (Å²) in [5, 5.41) is 12.8. The van der Waals surface area contributed by atoms with Crippen molar-refractivity contribution in [3.8, 4) is 11.4 Å². The van der Waals surface area contributed by atoms with Gasteiger partial charge in [-0.25, -0.2) is 14.0 Å². The lowest BCUT2D eigenvalue weighted by atomic mass is 10.1. The fourth-order valence-corrected chi connectivity index (χ4v) is 6.13. The second kappa shape index (κ2) is 13.4. The van der Waals surface area contributed by atoms with Crippen LogP contribution in [0.25, 0.3) is 5.69 Å². The Labute approximate surface area is 273 Å². The molecule has 0 amide bonds. The molecule has 47 heavy (non-hydrogen) atoms. The second-order valence-electron chi connectivity index (χ2n) is 12.0. The number of piperazine rings is 1. The summed E-state index contributed by atoms with van der Waals surface area (Å²) in [5.74, 6) is -0.185. The number of anilines is 2. The van der Waals surface area contributed by atoms with Crippen LogP contribution in [-0.4, -0.2) is 74.8 Å². The van der Waals surface area contributed by atoms with Gasteiger partial charge in [-0.15, -0.1) is 0 Å². The van der Waals surface area contributed by atoms with E-state index < -0.39 is 5.79 Å². The Kier molecular flexibility index (Phi) is 8.77. The largest absolute Gasteiger partial charge is 0.491 e. The lowest BCUT2D eigenvalue weighted by Gasteiger charge is -2.37. The third-order valence-electron chi connectivity index (χ3n) is 9.00. The molecule has 244 valence electrons. The zero-order chi connectivity index (χ0) is 32.2. The van der Waals surface area contributed by atoms with Crippen LogP contribution in [0.3, 0.4) is 0 Å². The highest BCUT2D eigenvalue weighted by Gasteiger charge is 2.44. The van der Waals surface area contributed by atoms with E-state index in [-0.39, 0.29) is 17.8 Å². The van der Waals surface area contributed by atoms with Crippen molar-refractivity contribution < 1.29 is 14.2 Å².